The molecule has 1 aliphatic rings. The van der Waals surface area contributed by atoms with Gasteiger partial charge in [-0.05, 0) is 72.8 Å². The molecule has 2 atom stereocenters. The number of likely N-dealkylation sites (tertiary alicyclic amines) is 1. The fourth-order valence-corrected chi connectivity index (χ4v) is 4.73. The summed E-state index contributed by atoms with van der Waals surface area (Å²) in [7, 11) is 0. The Labute approximate surface area is 198 Å². The number of carbonyl (C=O) groups excluding carboxylic acids is 1. The molecule has 1 heterocycles. The van der Waals surface area contributed by atoms with Crippen LogP contribution in [0.5, 0.6) is 0 Å². The molecule has 32 heavy (non-hydrogen) atoms. The number of carbonyl (C=O) groups is 2. The maximum Gasteiger partial charge on any atom is 0.327 e. The molecule has 4 N–H and O–H groups in total. The van der Waals surface area contributed by atoms with Gasteiger partial charge >= 0.3 is 5.97 Å². The molecule has 1 aliphatic heterocycles. The van der Waals surface area contributed by atoms with E-state index < -0.39 is 12.0 Å². The van der Waals surface area contributed by atoms with Crippen LogP contribution in [0.2, 0.25) is 0 Å². The molecule has 1 amide bonds. The minimum Gasteiger partial charge on any atom is -0.480 e. The van der Waals surface area contributed by atoms with Gasteiger partial charge in [-0.15, -0.1) is 0 Å². The van der Waals surface area contributed by atoms with Gasteiger partial charge in [-0.25, -0.2) is 4.79 Å². The van der Waals surface area contributed by atoms with Crippen molar-refractivity contribution < 1.29 is 14.7 Å². The van der Waals surface area contributed by atoms with Gasteiger partial charge < -0.3 is 16.2 Å². The monoisotopic (exact) mass is 465 g/mol. The van der Waals surface area contributed by atoms with Crippen LogP contribution in [0.3, 0.4) is 0 Å². The Morgan fingerprint density at radius 2 is 1.78 bits per heavy atom. The molecule has 1 fully saturated rings. The highest BCUT2D eigenvalue weighted by Gasteiger charge is 2.32. The largest absolute Gasteiger partial charge is 0.480 e. The fraction of sp³-hybridized carbons (Fsp3) is 0.680. The zero-order chi connectivity index (χ0) is 23.9. The molecule has 1 saturated heterocycles. The van der Waals surface area contributed by atoms with Gasteiger partial charge in [0.15, 0.2) is 0 Å². The Morgan fingerprint density at radius 3 is 2.41 bits per heavy atom. The normalized spacial score (nSPS) is 18.5. The molecule has 0 saturated carbocycles. The van der Waals surface area contributed by atoms with Crippen LogP contribution >= 0.6 is 11.8 Å². The molecule has 6 nitrogen and oxygen atoms in total. The molecule has 0 aromatic rings. The molecule has 0 spiro atoms. The van der Waals surface area contributed by atoms with E-state index in [0.29, 0.717) is 18.8 Å². The molecule has 0 aromatic heterocycles. The Balaban J connectivity index is 2.37. The van der Waals surface area contributed by atoms with E-state index in [0.717, 1.165) is 50.8 Å². The predicted molar refractivity (Wildman–Crippen MR) is 136 cm³/mol. The first kappa shape index (κ1) is 28.5. The van der Waals surface area contributed by atoms with Gasteiger partial charge in [0.25, 0.3) is 0 Å². The van der Waals surface area contributed by atoms with Crippen LogP contribution in [0.1, 0.15) is 66.2 Å². The summed E-state index contributed by atoms with van der Waals surface area (Å²) in [5.74, 6) is -0.0685. The summed E-state index contributed by atoms with van der Waals surface area (Å²) in [4.78, 5) is 26.2. The van der Waals surface area contributed by atoms with E-state index in [-0.39, 0.29) is 11.9 Å². The lowest BCUT2D eigenvalue weighted by molar-refractivity contribution is -0.141. The highest BCUT2D eigenvalue weighted by atomic mass is 32.2. The van der Waals surface area contributed by atoms with Crippen LogP contribution in [-0.4, -0.2) is 65.1 Å². The van der Waals surface area contributed by atoms with Crippen molar-refractivity contribution in [3.05, 3.63) is 34.9 Å². The van der Waals surface area contributed by atoms with Crippen molar-refractivity contribution in [3.8, 4) is 0 Å². The van der Waals surface area contributed by atoms with Crippen molar-refractivity contribution in [2.24, 2.45) is 5.73 Å². The number of aliphatic carboxylic acids is 1. The molecule has 182 valence electrons. The summed E-state index contributed by atoms with van der Waals surface area (Å²) in [6, 6.07) is -1.13. The zero-order valence-electron chi connectivity index (χ0n) is 20.4. The predicted octanol–water partition coefficient (Wildman–Crippen LogP) is 4.13. The molecule has 7 heteroatoms. The molecule has 1 rings (SSSR count). The van der Waals surface area contributed by atoms with Crippen molar-refractivity contribution in [1.82, 2.24) is 10.2 Å². The van der Waals surface area contributed by atoms with Gasteiger partial charge in [0.2, 0.25) is 5.91 Å². The lowest BCUT2D eigenvalue weighted by Gasteiger charge is -2.24. The Hall–Kier alpha value is -1.57. The van der Waals surface area contributed by atoms with Crippen LogP contribution in [0.4, 0.5) is 0 Å². The fourth-order valence-electron chi connectivity index (χ4n) is 3.73. The van der Waals surface area contributed by atoms with Crippen LogP contribution in [0, 0.1) is 0 Å². The Kier molecular flexibility index (Phi) is 14.3. The summed E-state index contributed by atoms with van der Waals surface area (Å²) in [5, 5.41) is 12.2. The van der Waals surface area contributed by atoms with Crippen LogP contribution in [0.15, 0.2) is 34.9 Å². The lowest BCUT2D eigenvalue weighted by Crippen LogP contribution is -2.51. The number of carboxylic acids is 1. The number of allylic oxidation sites excluding steroid dienone is 5. The number of hydrogen-bond donors (Lipinski definition) is 3. The minimum absolute atomic E-state index is 0.192. The third-order valence-corrected chi connectivity index (χ3v) is 6.63. The van der Waals surface area contributed by atoms with Crippen molar-refractivity contribution in [2.75, 3.05) is 31.1 Å². The number of nitrogens with one attached hydrogen (secondary N) is 1. The van der Waals surface area contributed by atoms with E-state index in [1.54, 1.807) is 0 Å². The van der Waals surface area contributed by atoms with E-state index in [1.807, 2.05) is 4.90 Å². The quantitative estimate of drug-likeness (QED) is 0.249. The number of nitrogens with two attached hydrogens (primary N) is 1. The van der Waals surface area contributed by atoms with Crippen molar-refractivity contribution in [1.29, 1.82) is 0 Å². The highest BCUT2D eigenvalue weighted by Crippen LogP contribution is 2.17. The first-order valence-corrected chi connectivity index (χ1v) is 12.9. The highest BCUT2D eigenvalue weighted by molar-refractivity contribution is 7.99. The maximum atomic E-state index is 12.6. The molecule has 0 bridgehead atoms. The second-order valence-corrected chi connectivity index (χ2v) is 9.95. The van der Waals surface area contributed by atoms with E-state index >= 15 is 0 Å². The van der Waals surface area contributed by atoms with Crippen molar-refractivity contribution >= 4 is 23.6 Å². The smallest absolute Gasteiger partial charge is 0.327 e. The number of rotatable bonds is 15. The number of hydrogen-bond acceptors (Lipinski definition) is 5. The topological polar surface area (TPSA) is 95.7 Å². The summed E-state index contributed by atoms with van der Waals surface area (Å²) in [5.41, 5.74) is 9.72. The molecular weight excluding hydrogens is 422 g/mol. The summed E-state index contributed by atoms with van der Waals surface area (Å²) in [6.07, 6.45) is 12.7. The molecular formula is C25H43N3O3S. The van der Waals surface area contributed by atoms with Crippen LogP contribution < -0.4 is 11.1 Å². The van der Waals surface area contributed by atoms with Gasteiger partial charge in [0.05, 0.1) is 6.04 Å². The third-order valence-electron chi connectivity index (χ3n) is 5.65. The SMILES string of the molecule is CC(C)=CCCC(C)=CCCC(C)=CCSC[C@H](NC(=O)[C@@H]1CCCN1CCN)C(=O)O. The van der Waals surface area contributed by atoms with E-state index in [1.165, 1.54) is 28.5 Å². The van der Waals surface area contributed by atoms with Gasteiger partial charge in [0.1, 0.15) is 6.04 Å². The molecule has 0 radical (unpaired) electrons. The average Bonchev–Trinajstić information content (AvgIpc) is 3.18. The number of nitrogens with zero attached hydrogens (tertiary/aromatic N) is 1. The first-order chi connectivity index (χ1) is 15.2. The lowest BCUT2D eigenvalue weighted by atomic mass is 10.1. The zero-order valence-corrected chi connectivity index (χ0v) is 21.2. The number of amides is 1. The minimum atomic E-state index is -0.983. The van der Waals surface area contributed by atoms with Gasteiger partial charge in [-0.2, -0.15) is 11.8 Å². The first-order valence-electron chi connectivity index (χ1n) is 11.7. The number of thioether (sulfide) groups is 1. The average molecular weight is 466 g/mol. The van der Waals surface area contributed by atoms with Gasteiger partial charge in [-0.1, -0.05) is 34.9 Å². The van der Waals surface area contributed by atoms with Crippen LogP contribution in [0.25, 0.3) is 0 Å². The summed E-state index contributed by atoms with van der Waals surface area (Å²) in [6.45, 7) is 10.6. The molecule has 0 unspecified atom stereocenters. The summed E-state index contributed by atoms with van der Waals surface area (Å²) < 4.78 is 0. The van der Waals surface area contributed by atoms with Gasteiger partial charge in [0, 0.05) is 24.6 Å². The standard InChI is InChI=1S/C25H43N3O3S/c1-19(2)8-5-9-20(3)10-6-11-21(4)13-17-32-18-22(25(30)31)27-24(29)23-12-7-15-28(23)16-14-26/h8,10,13,22-23H,5-7,9,11-12,14-18,26H2,1-4H3,(H,27,29)(H,30,31)/t22-,23-/m0/s1. The second-order valence-electron chi connectivity index (χ2n) is 8.88. The Morgan fingerprint density at radius 1 is 1.12 bits per heavy atom. The van der Waals surface area contributed by atoms with Crippen LogP contribution in [-0.2, 0) is 9.59 Å². The maximum absolute atomic E-state index is 12.6. The Bertz CT molecular complexity index is 684. The van der Waals surface area contributed by atoms with Crippen molar-refractivity contribution in [2.45, 2.75) is 78.3 Å². The summed E-state index contributed by atoms with van der Waals surface area (Å²) >= 11 is 1.54. The van der Waals surface area contributed by atoms with Gasteiger partial charge in [-0.3, -0.25) is 9.69 Å². The molecule has 0 aliphatic carbocycles. The second kappa shape index (κ2) is 16.1. The molecule has 0 aromatic carbocycles. The number of carboxylic acid groups (broad SMARTS) is 1. The third kappa shape index (κ3) is 11.9. The van der Waals surface area contributed by atoms with E-state index in [9.17, 15) is 14.7 Å². The van der Waals surface area contributed by atoms with E-state index in [2.05, 4.69) is 51.2 Å². The van der Waals surface area contributed by atoms with E-state index in [4.69, 9.17) is 5.73 Å². The van der Waals surface area contributed by atoms with Crippen molar-refractivity contribution in [3.63, 3.8) is 0 Å².